The standard InChI is InChI=1S/C13H11ClF3N4OPS/c1-6(20-5-23)12-19-4-9(24-12)11(22)21-10-2-7(13(15,16)17)8(14)3-18-10/h2-4H,5,23H2,1H3,(H,18,21,22). The average Bonchev–Trinajstić information content (AvgIpc) is 2.98. The fourth-order valence-electron chi connectivity index (χ4n) is 1.65. The number of nitrogens with one attached hydrogen (secondary N) is 1. The van der Waals surface area contributed by atoms with Gasteiger partial charge in [-0.25, -0.2) is 9.97 Å². The number of halogens is 4. The highest BCUT2D eigenvalue weighted by atomic mass is 35.5. The second kappa shape index (κ2) is 7.55. The van der Waals surface area contributed by atoms with Gasteiger partial charge in [-0.15, -0.1) is 20.6 Å². The summed E-state index contributed by atoms with van der Waals surface area (Å²) in [5, 5.41) is 2.32. The topological polar surface area (TPSA) is 67.2 Å². The molecule has 0 fully saturated rings. The van der Waals surface area contributed by atoms with Gasteiger partial charge in [0.05, 0.1) is 28.8 Å². The summed E-state index contributed by atoms with van der Waals surface area (Å²) in [5.41, 5.74) is -0.402. The number of hydrogen-bond acceptors (Lipinski definition) is 5. The Hall–Kier alpha value is -1.57. The van der Waals surface area contributed by atoms with Crippen LogP contribution in [0.2, 0.25) is 5.02 Å². The van der Waals surface area contributed by atoms with E-state index in [-0.39, 0.29) is 10.7 Å². The molecule has 1 unspecified atom stereocenters. The van der Waals surface area contributed by atoms with E-state index in [2.05, 4.69) is 29.5 Å². The van der Waals surface area contributed by atoms with E-state index in [1.54, 1.807) is 6.92 Å². The SMILES string of the molecule is CC(=NCP)c1ncc(C(=O)Nc2cc(C(F)(F)F)c(Cl)cn2)s1. The van der Waals surface area contributed by atoms with E-state index in [0.29, 0.717) is 23.1 Å². The van der Waals surface area contributed by atoms with Crippen molar-refractivity contribution in [2.45, 2.75) is 13.1 Å². The number of carbonyl (C=O) groups excluding carboxylic acids is 1. The zero-order chi connectivity index (χ0) is 17.9. The summed E-state index contributed by atoms with van der Waals surface area (Å²) in [6.45, 7) is 1.75. The molecule has 5 nitrogen and oxygen atoms in total. The zero-order valence-electron chi connectivity index (χ0n) is 12.2. The Morgan fingerprint density at radius 3 is 2.75 bits per heavy atom. The van der Waals surface area contributed by atoms with Gasteiger partial charge >= 0.3 is 6.18 Å². The van der Waals surface area contributed by atoms with Gasteiger partial charge in [0.1, 0.15) is 15.7 Å². The molecule has 0 aliphatic heterocycles. The van der Waals surface area contributed by atoms with Crippen LogP contribution in [0.4, 0.5) is 19.0 Å². The van der Waals surface area contributed by atoms with E-state index in [1.807, 2.05) is 0 Å². The van der Waals surface area contributed by atoms with Crippen LogP contribution in [-0.4, -0.2) is 27.9 Å². The fraction of sp³-hybridized carbons (Fsp3) is 0.231. The number of rotatable bonds is 4. The maximum Gasteiger partial charge on any atom is 0.418 e. The van der Waals surface area contributed by atoms with Crippen molar-refractivity contribution in [1.29, 1.82) is 0 Å². The van der Waals surface area contributed by atoms with Gasteiger partial charge in [0.25, 0.3) is 5.91 Å². The molecular weight excluding hydrogens is 384 g/mol. The van der Waals surface area contributed by atoms with Gasteiger partial charge in [0.15, 0.2) is 0 Å². The van der Waals surface area contributed by atoms with Gasteiger partial charge < -0.3 is 5.32 Å². The van der Waals surface area contributed by atoms with E-state index in [9.17, 15) is 18.0 Å². The van der Waals surface area contributed by atoms with Gasteiger partial charge in [-0.05, 0) is 13.0 Å². The van der Waals surface area contributed by atoms with Crippen LogP contribution in [0.3, 0.4) is 0 Å². The summed E-state index contributed by atoms with van der Waals surface area (Å²) in [6, 6.07) is 0.684. The minimum Gasteiger partial charge on any atom is -0.306 e. The third-order valence-corrected chi connectivity index (χ3v) is 4.36. The predicted molar refractivity (Wildman–Crippen MR) is 91.1 cm³/mol. The van der Waals surface area contributed by atoms with E-state index >= 15 is 0 Å². The monoisotopic (exact) mass is 394 g/mol. The molecule has 2 heterocycles. The number of aliphatic imine (C=N–C) groups is 1. The Morgan fingerprint density at radius 1 is 1.42 bits per heavy atom. The molecule has 1 atom stereocenters. The number of carbonyl (C=O) groups is 1. The highest BCUT2D eigenvalue weighted by molar-refractivity contribution is 7.16. The first kappa shape index (κ1) is 18.8. The van der Waals surface area contributed by atoms with Crippen molar-refractivity contribution >= 4 is 49.6 Å². The van der Waals surface area contributed by atoms with Crippen molar-refractivity contribution < 1.29 is 18.0 Å². The summed E-state index contributed by atoms with van der Waals surface area (Å²) >= 11 is 6.57. The van der Waals surface area contributed by atoms with E-state index in [1.165, 1.54) is 6.20 Å². The Balaban J connectivity index is 2.20. The molecule has 0 aliphatic carbocycles. The molecule has 0 radical (unpaired) electrons. The Kier molecular flexibility index (Phi) is 5.90. The lowest BCUT2D eigenvalue weighted by Crippen LogP contribution is -2.13. The van der Waals surface area contributed by atoms with Crippen molar-refractivity contribution in [2.75, 3.05) is 11.6 Å². The molecular formula is C13H11ClF3N4OPS. The first-order valence-electron chi connectivity index (χ1n) is 6.43. The zero-order valence-corrected chi connectivity index (χ0v) is 14.9. The second-order valence-corrected chi connectivity index (χ2v) is 6.26. The number of hydrogen-bond donors (Lipinski definition) is 1. The highest BCUT2D eigenvalue weighted by Gasteiger charge is 2.34. The third kappa shape index (κ3) is 4.49. The molecule has 0 aromatic carbocycles. The number of alkyl halides is 3. The van der Waals surface area contributed by atoms with E-state index < -0.39 is 22.7 Å². The van der Waals surface area contributed by atoms with Crippen molar-refractivity contribution in [3.8, 4) is 0 Å². The number of amides is 1. The number of aromatic nitrogens is 2. The third-order valence-electron chi connectivity index (χ3n) is 2.77. The van der Waals surface area contributed by atoms with Crippen molar-refractivity contribution in [3.05, 3.63) is 38.9 Å². The van der Waals surface area contributed by atoms with Crippen LogP contribution >= 0.6 is 32.2 Å². The number of nitrogens with zero attached hydrogens (tertiary/aromatic N) is 3. The summed E-state index contributed by atoms with van der Waals surface area (Å²) in [6.07, 6.45) is -1.96. The fourth-order valence-corrected chi connectivity index (χ4v) is 2.91. The summed E-state index contributed by atoms with van der Waals surface area (Å²) in [7, 11) is 2.44. The maximum absolute atomic E-state index is 12.8. The lowest BCUT2D eigenvalue weighted by molar-refractivity contribution is -0.137. The van der Waals surface area contributed by atoms with Crippen LogP contribution < -0.4 is 5.32 Å². The maximum atomic E-state index is 12.8. The first-order chi connectivity index (χ1) is 11.2. The molecule has 2 rings (SSSR count). The Labute approximate surface area is 146 Å². The smallest absolute Gasteiger partial charge is 0.306 e. The molecule has 1 amide bonds. The molecule has 0 saturated carbocycles. The molecule has 0 saturated heterocycles. The van der Waals surface area contributed by atoms with Gasteiger partial charge in [-0.1, -0.05) is 11.6 Å². The van der Waals surface area contributed by atoms with Gasteiger partial charge in [-0.3, -0.25) is 9.79 Å². The van der Waals surface area contributed by atoms with Crippen LogP contribution in [0.25, 0.3) is 0 Å². The molecule has 0 bridgehead atoms. The lowest BCUT2D eigenvalue weighted by atomic mass is 10.2. The molecule has 1 N–H and O–H groups in total. The van der Waals surface area contributed by atoms with Gasteiger partial charge in [0, 0.05) is 6.20 Å². The number of anilines is 1. The van der Waals surface area contributed by atoms with Crippen molar-refractivity contribution in [1.82, 2.24) is 9.97 Å². The minimum absolute atomic E-state index is 0.230. The van der Waals surface area contributed by atoms with Crippen LogP contribution in [0.15, 0.2) is 23.5 Å². The van der Waals surface area contributed by atoms with Crippen LogP contribution in [0, 0.1) is 0 Å². The normalized spacial score (nSPS) is 12.3. The highest BCUT2D eigenvalue weighted by Crippen LogP contribution is 2.35. The Bertz CT molecular complexity index is 794. The van der Waals surface area contributed by atoms with Gasteiger partial charge in [0.2, 0.25) is 0 Å². The van der Waals surface area contributed by atoms with Gasteiger partial charge in [-0.2, -0.15) is 13.2 Å². The minimum atomic E-state index is -4.64. The largest absolute Gasteiger partial charge is 0.418 e. The Morgan fingerprint density at radius 2 is 2.12 bits per heavy atom. The van der Waals surface area contributed by atoms with Crippen molar-refractivity contribution in [2.24, 2.45) is 4.99 Å². The summed E-state index contributed by atoms with van der Waals surface area (Å²) in [5.74, 6) is -0.859. The number of thiazole rings is 1. The molecule has 24 heavy (non-hydrogen) atoms. The molecule has 0 spiro atoms. The van der Waals surface area contributed by atoms with E-state index in [0.717, 1.165) is 17.5 Å². The van der Waals surface area contributed by atoms with Crippen LogP contribution in [0.1, 0.15) is 27.2 Å². The molecule has 11 heteroatoms. The van der Waals surface area contributed by atoms with Crippen LogP contribution in [-0.2, 0) is 6.18 Å². The lowest BCUT2D eigenvalue weighted by Gasteiger charge is -2.10. The number of pyridine rings is 1. The summed E-state index contributed by atoms with van der Waals surface area (Å²) < 4.78 is 38.4. The molecule has 2 aromatic rings. The molecule has 0 aliphatic rings. The summed E-state index contributed by atoms with van der Waals surface area (Å²) in [4.78, 5) is 24.2. The average molecular weight is 395 g/mol. The van der Waals surface area contributed by atoms with Crippen molar-refractivity contribution in [3.63, 3.8) is 0 Å². The second-order valence-electron chi connectivity index (χ2n) is 4.46. The van der Waals surface area contributed by atoms with E-state index in [4.69, 9.17) is 11.6 Å². The first-order valence-corrected chi connectivity index (χ1v) is 8.45. The quantitative estimate of drug-likeness (QED) is 0.627. The molecule has 2 aromatic heterocycles. The molecule has 128 valence electrons. The van der Waals surface area contributed by atoms with Crippen LogP contribution in [0.5, 0.6) is 0 Å². The predicted octanol–water partition coefficient (Wildman–Crippen LogP) is 4.10.